The molecule has 2 N–H and O–H groups in total. The summed E-state index contributed by atoms with van der Waals surface area (Å²) in [6.45, 7) is 5.65. The van der Waals surface area contributed by atoms with Crippen molar-refractivity contribution in [3.63, 3.8) is 0 Å². The van der Waals surface area contributed by atoms with Crippen LogP contribution in [0.1, 0.15) is 77.2 Å². The van der Waals surface area contributed by atoms with Crippen LogP contribution in [0.5, 0.6) is 0 Å². The SMILES string of the molecule is COC[C@@]1(O)CC[C@@H]2C3CC[C@@]4(C)C(CC[C@]4(O)[C@H](C)Cn4cc(C#N)cn4)[C@@H]3CC[C@H]2C1. The maximum atomic E-state index is 12.1. The molecule has 0 spiro atoms. The maximum absolute atomic E-state index is 12.1. The third kappa shape index (κ3) is 3.66. The number of aliphatic hydroxyl groups is 2. The van der Waals surface area contributed by atoms with Crippen LogP contribution in [0.4, 0.5) is 0 Å². The third-order valence-electron chi connectivity index (χ3n) is 10.8. The van der Waals surface area contributed by atoms with E-state index in [1.807, 2.05) is 4.68 Å². The van der Waals surface area contributed by atoms with Gasteiger partial charge in [0.25, 0.3) is 0 Å². The minimum Gasteiger partial charge on any atom is -0.389 e. The monoisotopic (exact) mass is 455 g/mol. The molecule has 4 aliphatic rings. The normalized spacial score (nSPS) is 45.5. The van der Waals surface area contributed by atoms with Crippen LogP contribution in [0, 0.1) is 52.3 Å². The lowest BCUT2D eigenvalue weighted by molar-refractivity contribution is -0.165. The van der Waals surface area contributed by atoms with Gasteiger partial charge in [-0.1, -0.05) is 13.8 Å². The van der Waals surface area contributed by atoms with Crippen LogP contribution in [0.25, 0.3) is 0 Å². The quantitative estimate of drug-likeness (QED) is 0.696. The van der Waals surface area contributed by atoms with Gasteiger partial charge in [-0.25, -0.2) is 0 Å². The Balaban J connectivity index is 1.31. The molecule has 5 rings (SSSR count). The van der Waals surface area contributed by atoms with Gasteiger partial charge in [0.05, 0.1) is 29.6 Å². The number of hydrogen-bond donors (Lipinski definition) is 2. The highest BCUT2D eigenvalue weighted by Crippen LogP contribution is 2.67. The van der Waals surface area contributed by atoms with Gasteiger partial charge in [-0.15, -0.1) is 0 Å². The third-order valence-corrected chi connectivity index (χ3v) is 10.8. The van der Waals surface area contributed by atoms with Crippen molar-refractivity contribution in [2.45, 2.75) is 89.4 Å². The first kappa shape index (κ1) is 23.3. The van der Waals surface area contributed by atoms with Crippen LogP contribution in [0.2, 0.25) is 0 Å². The van der Waals surface area contributed by atoms with Gasteiger partial charge in [-0.2, -0.15) is 10.4 Å². The summed E-state index contributed by atoms with van der Waals surface area (Å²) in [5, 5.41) is 36.6. The van der Waals surface area contributed by atoms with Crippen LogP contribution in [-0.4, -0.2) is 44.9 Å². The van der Waals surface area contributed by atoms with Gasteiger partial charge in [-0.05, 0) is 92.8 Å². The lowest BCUT2D eigenvalue weighted by Gasteiger charge is -2.59. The van der Waals surface area contributed by atoms with Gasteiger partial charge in [-0.3, -0.25) is 4.68 Å². The molecule has 0 amide bonds. The molecule has 4 aliphatic carbocycles. The summed E-state index contributed by atoms with van der Waals surface area (Å²) < 4.78 is 7.17. The van der Waals surface area contributed by atoms with Crippen LogP contribution < -0.4 is 0 Å². The van der Waals surface area contributed by atoms with E-state index in [1.165, 1.54) is 19.3 Å². The van der Waals surface area contributed by atoms with Crippen LogP contribution in [-0.2, 0) is 11.3 Å². The molecule has 182 valence electrons. The van der Waals surface area contributed by atoms with E-state index in [4.69, 9.17) is 10.00 Å². The Morgan fingerprint density at radius 1 is 1.15 bits per heavy atom. The number of methoxy groups -OCH3 is 1. The lowest BCUT2D eigenvalue weighted by Crippen LogP contribution is -2.57. The fourth-order valence-electron chi connectivity index (χ4n) is 9.18. The van der Waals surface area contributed by atoms with Gasteiger partial charge >= 0.3 is 0 Å². The number of hydrogen-bond acceptors (Lipinski definition) is 5. The number of aromatic nitrogens is 2. The van der Waals surface area contributed by atoms with Crippen molar-refractivity contribution in [1.82, 2.24) is 9.78 Å². The van der Waals surface area contributed by atoms with Gasteiger partial charge in [0.1, 0.15) is 6.07 Å². The second kappa shape index (κ2) is 8.36. The van der Waals surface area contributed by atoms with E-state index in [0.29, 0.717) is 36.5 Å². The van der Waals surface area contributed by atoms with Crippen molar-refractivity contribution in [1.29, 1.82) is 5.26 Å². The first-order chi connectivity index (χ1) is 15.7. The Morgan fingerprint density at radius 2 is 1.94 bits per heavy atom. The van der Waals surface area contributed by atoms with Crippen LogP contribution >= 0.6 is 0 Å². The second-order valence-corrected chi connectivity index (χ2v) is 12.2. The Bertz CT molecular complexity index is 911. The molecule has 0 aliphatic heterocycles. The number of ether oxygens (including phenoxy) is 1. The fraction of sp³-hybridized carbons (Fsp3) is 0.852. The Hall–Kier alpha value is -1.42. The first-order valence-electron chi connectivity index (χ1n) is 13.1. The smallest absolute Gasteiger partial charge is 0.102 e. The van der Waals surface area contributed by atoms with Crippen molar-refractivity contribution < 1.29 is 14.9 Å². The number of fused-ring (bicyclic) bond motifs is 5. The van der Waals surface area contributed by atoms with Crippen molar-refractivity contribution in [2.75, 3.05) is 13.7 Å². The molecule has 1 aromatic heterocycles. The summed E-state index contributed by atoms with van der Waals surface area (Å²) in [5.74, 6) is 3.47. The molecule has 9 atom stereocenters. The minimum atomic E-state index is -0.691. The van der Waals surface area contributed by atoms with E-state index in [1.54, 1.807) is 19.5 Å². The zero-order valence-electron chi connectivity index (χ0n) is 20.5. The Kier molecular flexibility index (Phi) is 5.91. The van der Waals surface area contributed by atoms with Gasteiger partial charge in [0, 0.05) is 25.8 Å². The summed E-state index contributed by atoms with van der Waals surface area (Å²) in [5.41, 5.74) is -0.806. The van der Waals surface area contributed by atoms with Crippen molar-refractivity contribution in [3.8, 4) is 6.07 Å². The molecule has 33 heavy (non-hydrogen) atoms. The molecule has 0 aromatic carbocycles. The summed E-state index contributed by atoms with van der Waals surface area (Å²) in [6.07, 6.45) is 13.0. The fourth-order valence-corrected chi connectivity index (χ4v) is 9.18. The van der Waals surface area contributed by atoms with E-state index < -0.39 is 11.2 Å². The molecular formula is C27H41N3O3. The molecule has 0 radical (unpaired) electrons. The van der Waals surface area contributed by atoms with E-state index in [2.05, 4.69) is 25.0 Å². The average Bonchev–Trinajstić information content (AvgIpc) is 3.35. The zero-order chi connectivity index (χ0) is 23.4. The molecule has 6 heteroatoms. The standard InChI is InChI=1S/C27H41N3O3/c1-18(15-30-16-19(13-28)14-29-30)27(32)11-8-24-23-5-4-20-12-26(31,17-33-3)10-7-21(20)22(23)6-9-25(24,27)2/h14,16,18,20-24,31-32H,4-12,15,17H2,1-3H3/t18-,20+,21+,22?,23-,24?,25+,26-,27+/m1/s1. The molecular weight excluding hydrogens is 414 g/mol. The minimum absolute atomic E-state index is 0.0584. The first-order valence-corrected chi connectivity index (χ1v) is 13.1. The van der Waals surface area contributed by atoms with Crippen molar-refractivity contribution in [2.24, 2.45) is 40.9 Å². The highest BCUT2D eigenvalue weighted by molar-refractivity contribution is 5.22. The number of nitrogens with zero attached hydrogens (tertiary/aromatic N) is 3. The van der Waals surface area contributed by atoms with E-state index in [0.717, 1.165) is 50.4 Å². The van der Waals surface area contributed by atoms with E-state index in [9.17, 15) is 10.2 Å². The summed E-state index contributed by atoms with van der Waals surface area (Å²) in [6, 6.07) is 2.15. The van der Waals surface area contributed by atoms with Gasteiger partial charge in [0.15, 0.2) is 0 Å². The lowest BCUT2D eigenvalue weighted by atomic mass is 9.48. The highest BCUT2D eigenvalue weighted by Gasteiger charge is 2.64. The molecule has 1 aromatic rings. The number of nitriles is 1. The summed E-state index contributed by atoms with van der Waals surface area (Å²) in [7, 11) is 1.69. The van der Waals surface area contributed by atoms with Crippen LogP contribution in [0.15, 0.2) is 12.4 Å². The predicted molar refractivity (Wildman–Crippen MR) is 125 cm³/mol. The van der Waals surface area contributed by atoms with E-state index >= 15 is 0 Å². The molecule has 4 saturated carbocycles. The van der Waals surface area contributed by atoms with Gasteiger partial charge in [0.2, 0.25) is 0 Å². The number of rotatable bonds is 5. The summed E-state index contributed by atoms with van der Waals surface area (Å²) >= 11 is 0. The topological polar surface area (TPSA) is 91.3 Å². The molecule has 4 fully saturated rings. The highest BCUT2D eigenvalue weighted by atomic mass is 16.5. The molecule has 6 nitrogen and oxygen atoms in total. The summed E-state index contributed by atoms with van der Waals surface area (Å²) in [4.78, 5) is 0. The van der Waals surface area contributed by atoms with Crippen molar-refractivity contribution >= 4 is 0 Å². The molecule has 1 heterocycles. The van der Waals surface area contributed by atoms with E-state index in [-0.39, 0.29) is 11.3 Å². The maximum Gasteiger partial charge on any atom is 0.102 e. The van der Waals surface area contributed by atoms with Gasteiger partial charge < -0.3 is 14.9 Å². The molecule has 2 unspecified atom stereocenters. The Labute approximate surface area is 198 Å². The largest absolute Gasteiger partial charge is 0.389 e. The van der Waals surface area contributed by atoms with Crippen molar-refractivity contribution in [3.05, 3.63) is 18.0 Å². The predicted octanol–water partition coefficient (Wildman–Crippen LogP) is 4.15. The molecule has 0 saturated heterocycles. The van der Waals surface area contributed by atoms with Crippen LogP contribution in [0.3, 0.4) is 0 Å². The second-order valence-electron chi connectivity index (χ2n) is 12.2. The Morgan fingerprint density at radius 3 is 2.67 bits per heavy atom. The average molecular weight is 456 g/mol. The zero-order valence-corrected chi connectivity index (χ0v) is 20.5. The molecule has 0 bridgehead atoms.